The molecule has 0 radical (unpaired) electrons. The average Bonchev–Trinajstić information content (AvgIpc) is 2.62. The maximum absolute atomic E-state index is 12.8. The van der Waals surface area contributed by atoms with Crippen LogP contribution >= 0.6 is 15.9 Å². The van der Waals surface area contributed by atoms with Gasteiger partial charge in [-0.3, -0.25) is 9.59 Å². The lowest BCUT2D eigenvalue weighted by molar-refractivity contribution is -0.116. The van der Waals surface area contributed by atoms with Crippen LogP contribution in [0.3, 0.4) is 0 Å². The third-order valence-electron chi connectivity index (χ3n) is 5.38. The number of dihydropyridines is 1. The number of benzene rings is 1. The van der Waals surface area contributed by atoms with E-state index in [1.807, 2.05) is 25.1 Å². The Kier molecular flexibility index (Phi) is 4.74. The van der Waals surface area contributed by atoms with Gasteiger partial charge in [0.25, 0.3) is 0 Å². The number of ketones is 2. The van der Waals surface area contributed by atoms with E-state index in [1.165, 1.54) is 0 Å². The lowest BCUT2D eigenvalue weighted by Crippen LogP contribution is -2.36. The Hall–Kier alpha value is -1.88. The van der Waals surface area contributed by atoms with E-state index in [9.17, 15) is 9.59 Å². The second kappa shape index (κ2) is 7.03. The van der Waals surface area contributed by atoms with Gasteiger partial charge in [0.05, 0.1) is 11.1 Å². The van der Waals surface area contributed by atoms with E-state index in [4.69, 9.17) is 4.74 Å². The molecule has 0 spiro atoms. The number of Topliss-reactive ketones (excluding diaryl/α,β-unsaturated/α-hetero) is 2. The fraction of sp³-hybridized carbons (Fsp3) is 0.429. The molecule has 0 unspecified atom stereocenters. The summed E-state index contributed by atoms with van der Waals surface area (Å²) in [7, 11) is 0. The molecule has 5 heteroatoms. The molecule has 1 aliphatic heterocycles. The van der Waals surface area contributed by atoms with Gasteiger partial charge in [-0.25, -0.2) is 0 Å². The first-order valence-electron chi connectivity index (χ1n) is 9.32. The number of halogens is 1. The Morgan fingerprint density at radius 2 is 1.65 bits per heavy atom. The number of carbonyl (C=O) groups excluding carboxylic acids is 2. The molecule has 0 saturated carbocycles. The number of nitrogens with one attached hydrogen (secondary N) is 1. The highest BCUT2D eigenvalue weighted by molar-refractivity contribution is 9.10. The van der Waals surface area contributed by atoms with E-state index in [0.29, 0.717) is 19.4 Å². The Morgan fingerprint density at radius 1 is 1.04 bits per heavy atom. The second-order valence-corrected chi connectivity index (χ2v) is 7.87. The van der Waals surface area contributed by atoms with Crippen LogP contribution in [-0.2, 0) is 9.59 Å². The molecule has 1 aromatic rings. The van der Waals surface area contributed by atoms with Gasteiger partial charge in [0, 0.05) is 41.3 Å². The highest BCUT2D eigenvalue weighted by Crippen LogP contribution is 2.46. The summed E-state index contributed by atoms with van der Waals surface area (Å²) < 4.78 is 6.47. The Labute approximate surface area is 161 Å². The third kappa shape index (κ3) is 2.92. The van der Waals surface area contributed by atoms with Gasteiger partial charge in [-0.05, 0) is 66.2 Å². The number of allylic oxidation sites excluding steroid dienone is 4. The van der Waals surface area contributed by atoms with Crippen molar-refractivity contribution in [2.45, 2.75) is 51.4 Å². The molecule has 0 atom stereocenters. The highest BCUT2D eigenvalue weighted by Gasteiger charge is 2.40. The topological polar surface area (TPSA) is 55.4 Å². The largest absolute Gasteiger partial charge is 0.493 e. The molecule has 3 aliphatic rings. The van der Waals surface area contributed by atoms with Gasteiger partial charge in [-0.1, -0.05) is 6.07 Å². The van der Waals surface area contributed by atoms with Crippen LogP contribution in [0.2, 0.25) is 0 Å². The summed E-state index contributed by atoms with van der Waals surface area (Å²) in [6, 6.07) is 5.91. The SMILES string of the molecule is CCOc1ccc(C2C3=C(CCCC3=O)NC3=C2C(=O)CCC3)cc1Br. The Balaban J connectivity index is 1.86. The van der Waals surface area contributed by atoms with E-state index in [2.05, 4.69) is 21.2 Å². The lowest BCUT2D eigenvalue weighted by atomic mass is 9.71. The molecule has 4 nitrogen and oxygen atoms in total. The summed E-state index contributed by atoms with van der Waals surface area (Å²) in [6.07, 6.45) is 4.63. The zero-order valence-corrected chi connectivity index (χ0v) is 16.4. The number of hydrogen-bond acceptors (Lipinski definition) is 4. The molecule has 0 amide bonds. The zero-order chi connectivity index (χ0) is 18.3. The van der Waals surface area contributed by atoms with Gasteiger partial charge >= 0.3 is 0 Å². The van der Waals surface area contributed by atoms with Crippen molar-refractivity contribution in [3.8, 4) is 5.75 Å². The van der Waals surface area contributed by atoms with Crippen LogP contribution in [0.1, 0.15) is 56.9 Å². The van der Waals surface area contributed by atoms with Gasteiger partial charge < -0.3 is 10.1 Å². The first-order chi connectivity index (χ1) is 12.6. The maximum atomic E-state index is 12.8. The van der Waals surface area contributed by atoms with Crippen LogP contribution in [0.4, 0.5) is 0 Å². The van der Waals surface area contributed by atoms with Gasteiger partial charge in [0.1, 0.15) is 5.75 Å². The molecular formula is C21H22BrNO3. The van der Waals surface area contributed by atoms with Crippen molar-refractivity contribution < 1.29 is 14.3 Å². The molecule has 0 aromatic heterocycles. The Bertz CT molecular complexity index is 811. The fourth-order valence-electron chi connectivity index (χ4n) is 4.29. The van der Waals surface area contributed by atoms with Crippen molar-refractivity contribution in [3.63, 3.8) is 0 Å². The molecular weight excluding hydrogens is 394 g/mol. The third-order valence-corrected chi connectivity index (χ3v) is 6.00. The van der Waals surface area contributed by atoms with E-state index >= 15 is 0 Å². The summed E-state index contributed by atoms with van der Waals surface area (Å²) >= 11 is 3.58. The summed E-state index contributed by atoms with van der Waals surface area (Å²) in [5.41, 5.74) is 4.60. The molecule has 1 aromatic carbocycles. The normalized spacial score (nSPS) is 20.7. The minimum absolute atomic E-state index is 0.165. The van der Waals surface area contributed by atoms with Crippen molar-refractivity contribution in [1.29, 1.82) is 0 Å². The summed E-state index contributed by atoms with van der Waals surface area (Å²) in [6.45, 7) is 2.54. The molecule has 1 N–H and O–H groups in total. The summed E-state index contributed by atoms with van der Waals surface area (Å²) in [4.78, 5) is 25.6. The van der Waals surface area contributed by atoms with Gasteiger partial charge in [0.2, 0.25) is 0 Å². The first kappa shape index (κ1) is 17.5. The predicted molar refractivity (Wildman–Crippen MR) is 103 cm³/mol. The zero-order valence-electron chi connectivity index (χ0n) is 14.9. The van der Waals surface area contributed by atoms with Gasteiger partial charge in [-0.15, -0.1) is 0 Å². The smallest absolute Gasteiger partial charge is 0.161 e. The lowest BCUT2D eigenvalue weighted by Gasteiger charge is -2.37. The number of rotatable bonds is 3. The van der Waals surface area contributed by atoms with Crippen LogP contribution in [0.25, 0.3) is 0 Å². The van der Waals surface area contributed by atoms with Crippen LogP contribution in [0, 0.1) is 0 Å². The molecule has 136 valence electrons. The maximum Gasteiger partial charge on any atom is 0.161 e. The van der Waals surface area contributed by atoms with Crippen LogP contribution < -0.4 is 10.1 Å². The van der Waals surface area contributed by atoms with Crippen LogP contribution in [0.5, 0.6) is 5.75 Å². The van der Waals surface area contributed by atoms with Crippen LogP contribution in [0.15, 0.2) is 45.2 Å². The number of hydrogen-bond donors (Lipinski definition) is 1. The number of carbonyl (C=O) groups is 2. The van der Waals surface area contributed by atoms with Crippen molar-refractivity contribution in [1.82, 2.24) is 5.32 Å². The van der Waals surface area contributed by atoms with E-state index < -0.39 is 0 Å². The van der Waals surface area contributed by atoms with E-state index in [-0.39, 0.29) is 17.5 Å². The van der Waals surface area contributed by atoms with Gasteiger partial charge in [0.15, 0.2) is 11.6 Å². The van der Waals surface area contributed by atoms with Crippen molar-refractivity contribution in [2.75, 3.05) is 6.61 Å². The molecule has 2 aliphatic carbocycles. The second-order valence-electron chi connectivity index (χ2n) is 7.02. The summed E-state index contributed by atoms with van der Waals surface area (Å²) in [5.74, 6) is 0.852. The van der Waals surface area contributed by atoms with Crippen molar-refractivity contribution in [3.05, 3.63) is 50.8 Å². The van der Waals surface area contributed by atoms with E-state index in [0.717, 1.165) is 64.0 Å². The molecule has 1 heterocycles. The van der Waals surface area contributed by atoms with Crippen molar-refractivity contribution in [2.24, 2.45) is 0 Å². The van der Waals surface area contributed by atoms with Gasteiger partial charge in [-0.2, -0.15) is 0 Å². The predicted octanol–water partition coefficient (Wildman–Crippen LogP) is 4.55. The molecule has 4 rings (SSSR count). The molecule has 0 fully saturated rings. The molecule has 26 heavy (non-hydrogen) atoms. The monoisotopic (exact) mass is 415 g/mol. The van der Waals surface area contributed by atoms with Crippen LogP contribution in [-0.4, -0.2) is 18.2 Å². The summed E-state index contributed by atoms with van der Waals surface area (Å²) in [5, 5.41) is 3.45. The first-order valence-corrected chi connectivity index (χ1v) is 10.1. The quantitative estimate of drug-likeness (QED) is 0.786. The van der Waals surface area contributed by atoms with E-state index in [1.54, 1.807) is 0 Å². The minimum Gasteiger partial charge on any atom is -0.493 e. The minimum atomic E-state index is -0.256. The Morgan fingerprint density at radius 3 is 2.19 bits per heavy atom. The average molecular weight is 416 g/mol. The molecule has 0 saturated heterocycles. The standard InChI is InChI=1S/C21H22BrNO3/c1-2-26-18-10-9-12(11-13(18)22)19-20-14(5-3-7-16(20)24)23-15-6-4-8-17(25)21(15)19/h9-11,19,23H,2-8H2,1H3. The molecule has 0 bridgehead atoms. The fourth-order valence-corrected chi connectivity index (χ4v) is 4.80. The van der Waals surface area contributed by atoms with Crippen molar-refractivity contribution >= 4 is 27.5 Å². The highest BCUT2D eigenvalue weighted by atomic mass is 79.9. The number of ether oxygens (including phenoxy) is 1.